The molecule has 4 heteroatoms. The van der Waals surface area contributed by atoms with Crippen LogP contribution in [0, 0.1) is 0 Å². The summed E-state index contributed by atoms with van der Waals surface area (Å²) in [4.78, 5) is 2.84. The van der Waals surface area contributed by atoms with Gasteiger partial charge in [0.15, 0.2) is 0 Å². The summed E-state index contributed by atoms with van der Waals surface area (Å²) in [7, 11) is 0. The maximum atomic E-state index is 6.16. The second-order valence-corrected chi connectivity index (χ2v) is 7.01. The van der Waals surface area contributed by atoms with Gasteiger partial charge in [-0.3, -0.25) is 0 Å². The van der Waals surface area contributed by atoms with Crippen molar-refractivity contribution in [3.63, 3.8) is 0 Å². The van der Waals surface area contributed by atoms with Crippen LogP contribution in [0.5, 0.6) is 0 Å². The van der Waals surface area contributed by atoms with Crippen molar-refractivity contribution < 1.29 is 0 Å². The van der Waals surface area contributed by atoms with Crippen LogP contribution < -0.4 is 5.73 Å². The van der Waals surface area contributed by atoms with E-state index in [0.29, 0.717) is 0 Å². The van der Waals surface area contributed by atoms with Crippen molar-refractivity contribution in [1.29, 1.82) is 0 Å². The number of thiophene rings is 2. The topological polar surface area (TPSA) is 26.0 Å². The third-order valence-electron chi connectivity index (χ3n) is 2.72. The number of aryl methyl sites for hydroxylation is 1. The molecule has 0 bridgehead atoms. The number of hydrogen-bond donors (Lipinski definition) is 1. The van der Waals surface area contributed by atoms with Crippen molar-refractivity contribution in [2.24, 2.45) is 5.73 Å². The predicted octanol–water partition coefficient (Wildman–Crippen LogP) is 4.46. The Bertz CT molecular complexity index is 436. The minimum atomic E-state index is 0.282. The lowest BCUT2D eigenvalue weighted by Crippen LogP contribution is -2.22. The second-order valence-electron chi connectivity index (χ2n) is 4.13. The van der Waals surface area contributed by atoms with Crippen molar-refractivity contribution >= 4 is 38.6 Å². The van der Waals surface area contributed by atoms with E-state index < -0.39 is 0 Å². The zero-order chi connectivity index (χ0) is 12.1. The molecule has 1 atom stereocenters. The van der Waals surface area contributed by atoms with Gasteiger partial charge >= 0.3 is 0 Å². The molecule has 92 valence electrons. The molecule has 0 radical (unpaired) electrons. The number of rotatable bonds is 6. The third-order valence-corrected chi connectivity index (χ3v) is 5.60. The predicted molar refractivity (Wildman–Crippen MR) is 81.0 cm³/mol. The number of hydrogen-bond acceptors (Lipinski definition) is 3. The normalized spacial score (nSPS) is 12.8. The third kappa shape index (κ3) is 4.21. The Labute approximate surface area is 119 Å². The Kier molecular flexibility index (Phi) is 5.22. The van der Waals surface area contributed by atoms with Crippen molar-refractivity contribution in [3.8, 4) is 0 Å². The van der Waals surface area contributed by atoms with Gasteiger partial charge in [0.1, 0.15) is 0 Å². The Balaban J connectivity index is 1.71. The van der Waals surface area contributed by atoms with Crippen LogP contribution in [-0.4, -0.2) is 6.04 Å². The largest absolute Gasteiger partial charge is 0.327 e. The first-order chi connectivity index (χ1) is 8.25. The standard InChI is InChI=1S/C13H16BrNS2/c14-12-6-8-17-13(12)9-10(15)3-1-4-11-5-2-7-16-11/h2,5-8,10H,1,3-4,9,15H2. The fraction of sp³-hybridized carbons (Fsp3) is 0.385. The van der Waals surface area contributed by atoms with Crippen LogP contribution >= 0.6 is 38.6 Å². The van der Waals surface area contributed by atoms with E-state index in [4.69, 9.17) is 5.73 Å². The molecule has 0 aromatic carbocycles. The van der Waals surface area contributed by atoms with Crippen LogP contribution in [-0.2, 0) is 12.8 Å². The van der Waals surface area contributed by atoms with Gasteiger partial charge in [-0.25, -0.2) is 0 Å². The van der Waals surface area contributed by atoms with Crippen molar-refractivity contribution in [3.05, 3.63) is 43.2 Å². The quantitative estimate of drug-likeness (QED) is 0.831. The molecule has 0 saturated heterocycles. The maximum Gasteiger partial charge on any atom is 0.0314 e. The summed E-state index contributed by atoms with van der Waals surface area (Å²) >= 11 is 7.17. The lowest BCUT2D eigenvalue weighted by molar-refractivity contribution is 0.584. The SMILES string of the molecule is NC(CCCc1cccs1)Cc1sccc1Br. The van der Waals surface area contributed by atoms with E-state index in [9.17, 15) is 0 Å². The van der Waals surface area contributed by atoms with Gasteiger partial charge in [0.05, 0.1) is 0 Å². The highest BCUT2D eigenvalue weighted by atomic mass is 79.9. The molecule has 1 unspecified atom stereocenters. The van der Waals surface area contributed by atoms with E-state index in [0.717, 1.165) is 19.3 Å². The van der Waals surface area contributed by atoms with Crippen molar-refractivity contribution in [2.75, 3.05) is 0 Å². The first-order valence-electron chi connectivity index (χ1n) is 5.75. The van der Waals surface area contributed by atoms with E-state index in [1.165, 1.54) is 20.6 Å². The van der Waals surface area contributed by atoms with Gasteiger partial charge in [0, 0.05) is 20.3 Å². The summed E-state index contributed by atoms with van der Waals surface area (Å²) in [6.45, 7) is 0. The summed E-state index contributed by atoms with van der Waals surface area (Å²) < 4.78 is 1.20. The van der Waals surface area contributed by atoms with Gasteiger partial charge in [0.2, 0.25) is 0 Å². The monoisotopic (exact) mass is 329 g/mol. The molecule has 2 rings (SSSR count). The average Bonchev–Trinajstić information content (AvgIpc) is 2.92. The van der Waals surface area contributed by atoms with Gasteiger partial charge in [-0.05, 0) is 64.5 Å². The Morgan fingerprint density at radius 2 is 2.12 bits per heavy atom. The van der Waals surface area contributed by atoms with Gasteiger partial charge in [0.25, 0.3) is 0 Å². The summed E-state index contributed by atoms with van der Waals surface area (Å²) in [5.41, 5.74) is 6.16. The zero-order valence-electron chi connectivity index (χ0n) is 9.56. The van der Waals surface area contributed by atoms with Gasteiger partial charge in [-0.1, -0.05) is 6.07 Å². The molecule has 0 amide bonds. The Morgan fingerprint density at radius 3 is 2.76 bits per heavy atom. The molecule has 2 N–H and O–H groups in total. The smallest absolute Gasteiger partial charge is 0.0314 e. The summed E-state index contributed by atoms with van der Waals surface area (Å²) in [5.74, 6) is 0. The lowest BCUT2D eigenvalue weighted by atomic mass is 10.1. The maximum absolute atomic E-state index is 6.16. The van der Waals surface area contributed by atoms with E-state index >= 15 is 0 Å². The fourth-order valence-electron chi connectivity index (χ4n) is 1.80. The van der Waals surface area contributed by atoms with Crippen LogP contribution in [0.15, 0.2) is 33.4 Å². The van der Waals surface area contributed by atoms with Crippen molar-refractivity contribution in [1.82, 2.24) is 0 Å². The lowest BCUT2D eigenvalue weighted by Gasteiger charge is -2.10. The van der Waals surface area contributed by atoms with Crippen LogP contribution in [0.2, 0.25) is 0 Å². The molecule has 1 nitrogen and oxygen atoms in total. The first kappa shape index (κ1) is 13.3. The minimum Gasteiger partial charge on any atom is -0.327 e. The van der Waals surface area contributed by atoms with E-state index in [-0.39, 0.29) is 6.04 Å². The first-order valence-corrected chi connectivity index (χ1v) is 8.31. The van der Waals surface area contributed by atoms with E-state index in [2.05, 4.69) is 44.9 Å². The molecular weight excluding hydrogens is 314 g/mol. The second kappa shape index (κ2) is 6.69. The molecule has 0 saturated carbocycles. The summed E-state index contributed by atoms with van der Waals surface area (Å²) in [5, 5.41) is 4.25. The Hall–Kier alpha value is -0.160. The molecule has 2 aromatic heterocycles. The molecule has 0 aliphatic carbocycles. The molecule has 0 spiro atoms. The molecular formula is C13H16BrNS2. The van der Waals surface area contributed by atoms with Gasteiger partial charge < -0.3 is 5.73 Å². The number of nitrogens with two attached hydrogens (primary N) is 1. The average molecular weight is 330 g/mol. The molecule has 2 aromatic rings. The highest BCUT2D eigenvalue weighted by molar-refractivity contribution is 9.10. The fourth-order valence-corrected chi connectivity index (χ4v) is 4.16. The summed E-state index contributed by atoms with van der Waals surface area (Å²) in [6.07, 6.45) is 4.44. The number of halogens is 1. The Morgan fingerprint density at radius 1 is 1.24 bits per heavy atom. The van der Waals surface area contributed by atoms with Crippen LogP contribution in [0.25, 0.3) is 0 Å². The molecule has 0 aliphatic rings. The van der Waals surface area contributed by atoms with E-state index in [1.807, 2.05) is 11.3 Å². The molecule has 0 aliphatic heterocycles. The van der Waals surface area contributed by atoms with Crippen LogP contribution in [0.3, 0.4) is 0 Å². The molecule has 17 heavy (non-hydrogen) atoms. The highest BCUT2D eigenvalue weighted by Crippen LogP contribution is 2.24. The zero-order valence-corrected chi connectivity index (χ0v) is 12.8. The summed E-state index contributed by atoms with van der Waals surface area (Å²) in [6, 6.07) is 6.69. The van der Waals surface area contributed by atoms with Crippen LogP contribution in [0.1, 0.15) is 22.6 Å². The minimum absolute atomic E-state index is 0.282. The molecule has 0 fully saturated rings. The van der Waals surface area contributed by atoms with E-state index in [1.54, 1.807) is 11.3 Å². The van der Waals surface area contributed by atoms with Crippen LogP contribution in [0.4, 0.5) is 0 Å². The van der Waals surface area contributed by atoms with Gasteiger partial charge in [-0.15, -0.1) is 22.7 Å². The van der Waals surface area contributed by atoms with Gasteiger partial charge in [-0.2, -0.15) is 0 Å². The van der Waals surface area contributed by atoms with Crippen molar-refractivity contribution in [2.45, 2.75) is 31.7 Å². The highest BCUT2D eigenvalue weighted by Gasteiger charge is 2.08. The molecule has 2 heterocycles.